The van der Waals surface area contributed by atoms with Crippen molar-refractivity contribution in [1.82, 2.24) is 4.98 Å². The number of aliphatic hydroxyl groups excluding tert-OH is 1. The Labute approximate surface area is 114 Å². The van der Waals surface area contributed by atoms with Gasteiger partial charge in [-0.15, -0.1) is 11.3 Å². The van der Waals surface area contributed by atoms with Crippen LogP contribution in [0.2, 0.25) is 0 Å². The van der Waals surface area contributed by atoms with E-state index in [4.69, 9.17) is 0 Å². The lowest BCUT2D eigenvalue weighted by Gasteiger charge is -2.15. The highest BCUT2D eigenvalue weighted by molar-refractivity contribution is 7.13. The Balaban J connectivity index is 2.73. The fourth-order valence-corrected chi connectivity index (χ4v) is 1.61. The molecule has 6 nitrogen and oxygen atoms in total. The van der Waals surface area contributed by atoms with Crippen molar-refractivity contribution in [3.8, 4) is 0 Å². The summed E-state index contributed by atoms with van der Waals surface area (Å²) in [5.41, 5.74) is -0.827. The normalized spacial score (nSPS) is 12.1. The molecule has 0 spiro atoms. The maximum absolute atomic E-state index is 11.6. The number of hydrogen-bond acceptors (Lipinski definition) is 6. The zero-order chi connectivity index (χ0) is 14.6. The van der Waals surface area contributed by atoms with Crippen LogP contribution in [-0.4, -0.2) is 27.6 Å². The van der Waals surface area contributed by atoms with Crippen molar-refractivity contribution in [3.63, 3.8) is 0 Å². The van der Waals surface area contributed by atoms with E-state index in [2.05, 4.69) is 10.3 Å². The van der Waals surface area contributed by atoms with Gasteiger partial charge in [-0.05, 0) is 0 Å². The van der Waals surface area contributed by atoms with Crippen LogP contribution in [0.1, 0.15) is 20.8 Å². The van der Waals surface area contributed by atoms with Gasteiger partial charge in [0, 0.05) is 23.1 Å². The number of anilines is 1. The van der Waals surface area contributed by atoms with E-state index in [0.717, 1.165) is 11.3 Å². The summed E-state index contributed by atoms with van der Waals surface area (Å²) in [4.78, 5) is 38.3. The highest BCUT2D eigenvalue weighted by Crippen LogP contribution is 2.18. The molecule has 1 amide bonds. The maximum Gasteiger partial charge on any atom is 0.298 e. The quantitative estimate of drug-likeness (QED) is 0.498. The van der Waals surface area contributed by atoms with E-state index >= 15 is 0 Å². The fourth-order valence-electron chi connectivity index (χ4n) is 1.08. The van der Waals surface area contributed by atoms with E-state index < -0.39 is 28.6 Å². The minimum absolute atomic E-state index is 0.272. The molecule has 0 aliphatic rings. The number of amides is 1. The van der Waals surface area contributed by atoms with Gasteiger partial charge in [-0.2, -0.15) is 0 Å². The molecule has 1 aromatic heterocycles. The molecule has 1 heterocycles. The predicted molar refractivity (Wildman–Crippen MR) is 70.9 cm³/mol. The number of aliphatic hydroxyl groups is 1. The van der Waals surface area contributed by atoms with Crippen molar-refractivity contribution in [2.24, 2.45) is 5.41 Å². The summed E-state index contributed by atoms with van der Waals surface area (Å²) in [5.74, 6) is -3.30. The molecule has 0 saturated heterocycles. The van der Waals surface area contributed by atoms with Crippen molar-refractivity contribution in [1.29, 1.82) is 0 Å². The summed E-state index contributed by atoms with van der Waals surface area (Å²) >= 11 is 1.15. The number of carbonyl (C=O) groups excluding carboxylic acids is 3. The van der Waals surface area contributed by atoms with Crippen molar-refractivity contribution >= 4 is 33.9 Å². The zero-order valence-electron chi connectivity index (χ0n) is 10.8. The van der Waals surface area contributed by atoms with Gasteiger partial charge in [0.2, 0.25) is 11.6 Å². The van der Waals surface area contributed by atoms with Gasteiger partial charge in [-0.3, -0.25) is 19.7 Å². The van der Waals surface area contributed by atoms with Crippen molar-refractivity contribution < 1.29 is 19.5 Å². The SMILES string of the molecule is CC(C)(C)C(=O)/C(O)=C/C(=O)C(=O)Nc1nccs1. The topological polar surface area (TPSA) is 96.4 Å². The largest absolute Gasteiger partial charge is 0.504 e. The van der Waals surface area contributed by atoms with E-state index in [9.17, 15) is 19.5 Å². The Morgan fingerprint density at radius 1 is 1.37 bits per heavy atom. The second kappa shape index (κ2) is 5.75. The Kier molecular flexibility index (Phi) is 4.55. The molecule has 102 valence electrons. The first-order valence-corrected chi connectivity index (χ1v) is 6.30. The van der Waals surface area contributed by atoms with E-state index in [-0.39, 0.29) is 5.13 Å². The number of nitrogens with zero attached hydrogens (tertiary/aromatic N) is 1. The van der Waals surface area contributed by atoms with Crippen LogP contribution in [-0.2, 0) is 14.4 Å². The van der Waals surface area contributed by atoms with Crippen molar-refractivity contribution in [2.75, 3.05) is 5.32 Å². The van der Waals surface area contributed by atoms with E-state index in [1.807, 2.05) is 0 Å². The third-order valence-corrected chi connectivity index (χ3v) is 2.75. The fraction of sp³-hybridized carbons (Fsp3) is 0.333. The van der Waals surface area contributed by atoms with Crippen LogP contribution in [0.3, 0.4) is 0 Å². The molecule has 0 radical (unpaired) electrons. The summed E-state index contributed by atoms with van der Waals surface area (Å²) in [5, 5.41) is 13.7. The van der Waals surface area contributed by atoms with Crippen LogP contribution in [0.5, 0.6) is 0 Å². The molecule has 0 fully saturated rings. The van der Waals surface area contributed by atoms with Crippen LogP contribution < -0.4 is 5.32 Å². The smallest absolute Gasteiger partial charge is 0.298 e. The first-order chi connectivity index (χ1) is 8.71. The van der Waals surface area contributed by atoms with E-state index in [1.165, 1.54) is 6.20 Å². The van der Waals surface area contributed by atoms with Crippen LogP contribution in [0.15, 0.2) is 23.4 Å². The Morgan fingerprint density at radius 2 is 2.00 bits per heavy atom. The highest BCUT2D eigenvalue weighted by atomic mass is 32.1. The molecule has 0 aromatic carbocycles. The second-order valence-electron chi connectivity index (χ2n) is 4.76. The van der Waals surface area contributed by atoms with Gasteiger partial charge in [0.1, 0.15) is 0 Å². The minimum atomic E-state index is -1.01. The third-order valence-electron chi connectivity index (χ3n) is 2.06. The molecular weight excluding hydrogens is 268 g/mol. The van der Waals surface area contributed by atoms with Gasteiger partial charge < -0.3 is 5.11 Å². The summed E-state index contributed by atoms with van der Waals surface area (Å²) in [6.45, 7) is 4.79. The molecular formula is C12H14N2O4S. The summed E-state index contributed by atoms with van der Waals surface area (Å²) < 4.78 is 0. The molecule has 0 atom stereocenters. The number of hydrogen-bond donors (Lipinski definition) is 2. The molecule has 0 saturated carbocycles. The standard InChI is InChI=1S/C12H14N2O4S/c1-12(2,3)9(17)7(15)6-8(16)10(18)14-11-13-4-5-19-11/h4-6,15H,1-3H3,(H,13,14,18)/b7-6-. The van der Waals surface area contributed by atoms with E-state index in [0.29, 0.717) is 6.08 Å². The predicted octanol–water partition coefficient (Wildman–Crippen LogP) is 1.71. The summed E-state index contributed by atoms with van der Waals surface area (Å²) in [6, 6.07) is 0. The molecule has 0 unspecified atom stereocenters. The average Bonchev–Trinajstić information content (AvgIpc) is 2.79. The van der Waals surface area contributed by atoms with Gasteiger partial charge >= 0.3 is 0 Å². The third kappa shape index (κ3) is 4.29. The number of ketones is 2. The second-order valence-corrected chi connectivity index (χ2v) is 5.66. The first kappa shape index (κ1) is 15.0. The molecule has 7 heteroatoms. The Bertz CT molecular complexity index is 526. The lowest BCUT2D eigenvalue weighted by molar-refractivity contribution is -0.132. The average molecular weight is 282 g/mol. The molecule has 1 aromatic rings. The number of aromatic nitrogens is 1. The van der Waals surface area contributed by atoms with Gasteiger partial charge in [0.25, 0.3) is 5.91 Å². The molecule has 1 rings (SSSR count). The monoisotopic (exact) mass is 282 g/mol. The molecule has 0 aliphatic carbocycles. The number of rotatable bonds is 4. The lowest BCUT2D eigenvalue weighted by atomic mass is 9.89. The zero-order valence-corrected chi connectivity index (χ0v) is 11.6. The van der Waals surface area contributed by atoms with Gasteiger partial charge in [0.05, 0.1) is 0 Å². The van der Waals surface area contributed by atoms with Crippen molar-refractivity contribution in [3.05, 3.63) is 23.4 Å². The van der Waals surface area contributed by atoms with Crippen LogP contribution in [0, 0.1) is 5.41 Å². The molecule has 2 N–H and O–H groups in total. The minimum Gasteiger partial charge on any atom is -0.504 e. The summed E-state index contributed by atoms with van der Waals surface area (Å²) in [6.07, 6.45) is 2.09. The number of carbonyl (C=O) groups is 3. The number of allylic oxidation sites excluding steroid dienone is 1. The maximum atomic E-state index is 11.6. The lowest BCUT2D eigenvalue weighted by Crippen LogP contribution is -2.25. The number of nitrogens with one attached hydrogen (secondary N) is 1. The van der Waals surface area contributed by atoms with E-state index in [1.54, 1.807) is 26.2 Å². The first-order valence-electron chi connectivity index (χ1n) is 5.42. The van der Waals surface area contributed by atoms with Crippen LogP contribution >= 0.6 is 11.3 Å². The Hall–Kier alpha value is -2.02. The summed E-state index contributed by atoms with van der Waals surface area (Å²) in [7, 11) is 0. The highest BCUT2D eigenvalue weighted by Gasteiger charge is 2.26. The van der Waals surface area contributed by atoms with Crippen LogP contribution in [0.25, 0.3) is 0 Å². The van der Waals surface area contributed by atoms with Crippen LogP contribution in [0.4, 0.5) is 5.13 Å². The Morgan fingerprint density at radius 3 is 2.47 bits per heavy atom. The molecule has 0 bridgehead atoms. The van der Waals surface area contributed by atoms with Gasteiger partial charge in [-0.25, -0.2) is 4.98 Å². The van der Waals surface area contributed by atoms with Gasteiger partial charge in [-0.1, -0.05) is 20.8 Å². The van der Waals surface area contributed by atoms with Crippen molar-refractivity contribution in [2.45, 2.75) is 20.8 Å². The molecule has 0 aliphatic heterocycles. The van der Waals surface area contributed by atoms with Gasteiger partial charge in [0.15, 0.2) is 10.9 Å². The number of Topliss-reactive ketones (excluding diaryl/α,β-unsaturated/α-hetero) is 1. The number of thiazole rings is 1. The molecule has 19 heavy (non-hydrogen) atoms.